The minimum Gasteiger partial charge on any atom is -0.335 e. The molecule has 3 aliphatic rings. The average molecular weight is 471 g/mol. The van der Waals surface area contributed by atoms with Crippen LogP contribution in [0.4, 0.5) is 11.5 Å². The summed E-state index contributed by atoms with van der Waals surface area (Å²) in [6, 6.07) is 21.8. The van der Waals surface area contributed by atoms with E-state index in [0.717, 1.165) is 38.4 Å². The predicted molar refractivity (Wildman–Crippen MR) is 140 cm³/mol. The monoisotopic (exact) mass is 470 g/mol. The molecule has 1 saturated heterocycles. The van der Waals surface area contributed by atoms with E-state index in [-0.39, 0.29) is 0 Å². The Kier molecular flexibility index (Phi) is 5.41. The summed E-state index contributed by atoms with van der Waals surface area (Å²) >= 11 is 1.89. The first-order chi connectivity index (χ1) is 16.7. The first-order valence-electron chi connectivity index (χ1n) is 12.0. The van der Waals surface area contributed by atoms with Crippen LogP contribution in [0, 0.1) is 0 Å². The van der Waals surface area contributed by atoms with Gasteiger partial charge < -0.3 is 4.90 Å². The minimum atomic E-state index is 0.410. The molecule has 3 aromatic rings. The van der Waals surface area contributed by atoms with Gasteiger partial charge in [0, 0.05) is 17.5 Å². The number of benzene rings is 2. The fraction of sp³-hybridized carbons (Fsp3) is 0.259. The molecule has 0 amide bonds. The number of nitrogens with zero attached hydrogens (tertiary/aromatic N) is 4. The molecule has 6 rings (SSSR count). The molecule has 1 fully saturated rings. The highest BCUT2D eigenvalue weighted by atomic mass is 32.2. The summed E-state index contributed by atoms with van der Waals surface area (Å²) < 4.78 is 4.33. The lowest BCUT2D eigenvalue weighted by Gasteiger charge is -2.27. The van der Waals surface area contributed by atoms with E-state index in [1.165, 1.54) is 45.4 Å². The van der Waals surface area contributed by atoms with E-state index in [4.69, 9.17) is 11.5 Å². The van der Waals surface area contributed by atoms with Crippen molar-refractivity contribution in [2.24, 2.45) is 11.5 Å². The summed E-state index contributed by atoms with van der Waals surface area (Å²) in [6.45, 7) is 4.49. The standard InChI is InChI=1S/C27H29N6S/c28-27(29)31-16-14-30(15-17-31)24-18-20(11-13-32(24)22-8-2-1-3-9-22)19-25-33-12-5-7-21-6-4-10-23(34-25)26(21)33/h1-4,6,8-11,13,18-19H,5,7,12,14-17H2,(H3,28,29)/q+1/p+1. The number of hydrogen-bond acceptors (Lipinski definition) is 3. The van der Waals surface area contributed by atoms with Crippen LogP contribution in [0.15, 0.2) is 76.8 Å². The highest BCUT2D eigenvalue weighted by Crippen LogP contribution is 2.50. The molecule has 1 aromatic heterocycles. The SMILES string of the molecule is NC(N)=[N+]1CCN(c2cc(C=C3Sc4cccc5c4N3CCC5)cc[n+]2-c2ccccc2)CC1. The second-order valence-corrected chi connectivity index (χ2v) is 10.1. The maximum atomic E-state index is 5.85. The fourth-order valence-electron chi connectivity index (χ4n) is 5.17. The third-order valence-corrected chi connectivity index (χ3v) is 8.01. The molecule has 4 N–H and O–H groups in total. The molecule has 0 atom stereocenters. The highest BCUT2D eigenvalue weighted by Gasteiger charge is 2.31. The molecular formula is C27H30N6S+2. The van der Waals surface area contributed by atoms with E-state index < -0.39 is 0 Å². The van der Waals surface area contributed by atoms with Crippen molar-refractivity contribution in [2.75, 3.05) is 42.5 Å². The summed E-state index contributed by atoms with van der Waals surface area (Å²) in [5, 5.41) is 1.32. The lowest BCUT2D eigenvalue weighted by atomic mass is 10.0. The third kappa shape index (κ3) is 3.80. The lowest BCUT2D eigenvalue weighted by Crippen LogP contribution is -2.51. The normalized spacial score (nSPS) is 18.4. The van der Waals surface area contributed by atoms with E-state index in [1.54, 1.807) is 0 Å². The molecule has 3 aliphatic heterocycles. The summed E-state index contributed by atoms with van der Waals surface area (Å²) in [6.07, 6.45) is 6.92. The predicted octanol–water partition coefficient (Wildman–Crippen LogP) is 2.93. The number of anilines is 2. The number of rotatable bonds is 3. The van der Waals surface area contributed by atoms with Gasteiger partial charge in [0.05, 0.1) is 16.9 Å². The molecule has 6 nitrogen and oxygen atoms in total. The molecule has 0 spiro atoms. The molecule has 4 heterocycles. The number of thioether (sulfide) groups is 1. The zero-order valence-electron chi connectivity index (χ0n) is 19.2. The fourth-order valence-corrected chi connectivity index (χ4v) is 6.37. The van der Waals surface area contributed by atoms with E-state index in [1.807, 2.05) is 11.8 Å². The number of guanidine groups is 1. The number of aromatic nitrogens is 1. The molecule has 0 radical (unpaired) electrons. The van der Waals surface area contributed by atoms with Crippen LogP contribution in [0.5, 0.6) is 0 Å². The summed E-state index contributed by atoms with van der Waals surface area (Å²) in [5.74, 6) is 1.60. The van der Waals surface area contributed by atoms with Crippen LogP contribution in [0.2, 0.25) is 0 Å². The van der Waals surface area contributed by atoms with Crippen LogP contribution in [-0.4, -0.2) is 43.3 Å². The molecule has 0 unspecified atom stereocenters. The molecule has 172 valence electrons. The highest BCUT2D eigenvalue weighted by molar-refractivity contribution is 8.03. The lowest BCUT2D eigenvalue weighted by molar-refractivity contribution is -0.585. The first kappa shape index (κ1) is 21.1. The third-order valence-electron chi connectivity index (χ3n) is 6.91. The Bertz CT molecular complexity index is 1290. The average Bonchev–Trinajstić information content (AvgIpc) is 3.23. The Balaban J connectivity index is 1.38. The largest absolute Gasteiger partial charge is 0.341 e. The Morgan fingerprint density at radius 3 is 2.56 bits per heavy atom. The van der Waals surface area contributed by atoms with Crippen LogP contribution < -0.4 is 25.8 Å². The molecule has 2 aromatic carbocycles. The van der Waals surface area contributed by atoms with Crippen molar-refractivity contribution in [2.45, 2.75) is 17.7 Å². The number of aryl methyl sites for hydroxylation is 1. The Morgan fingerprint density at radius 2 is 1.76 bits per heavy atom. The van der Waals surface area contributed by atoms with Crippen LogP contribution in [0.1, 0.15) is 17.5 Å². The van der Waals surface area contributed by atoms with Gasteiger partial charge in [-0.25, -0.2) is 4.57 Å². The van der Waals surface area contributed by atoms with Gasteiger partial charge in [-0.15, -0.1) is 0 Å². The molecular weight excluding hydrogens is 440 g/mol. The summed E-state index contributed by atoms with van der Waals surface area (Å²) in [4.78, 5) is 6.32. The Hall–Kier alpha value is -3.45. The maximum Gasteiger partial charge on any atom is 0.341 e. The smallest absolute Gasteiger partial charge is 0.335 e. The van der Waals surface area contributed by atoms with Gasteiger partial charge in [-0.2, -0.15) is 0 Å². The summed E-state index contributed by atoms with van der Waals surface area (Å²) in [5.41, 5.74) is 17.0. The van der Waals surface area contributed by atoms with E-state index in [2.05, 4.69) is 91.9 Å². The minimum absolute atomic E-state index is 0.410. The second kappa shape index (κ2) is 8.72. The zero-order chi connectivity index (χ0) is 23.1. The molecule has 0 aliphatic carbocycles. The molecule has 0 saturated carbocycles. The van der Waals surface area contributed by atoms with Gasteiger partial charge in [-0.1, -0.05) is 42.1 Å². The number of piperazine rings is 1. The van der Waals surface area contributed by atoms with E-state index >= 15 is 0 Å². The topological polar surface area (TPSA) is 65.4 Å². The van der Waals surface area contributed by atoms with Crippen molar-refractivity contribution < 1.29 is 9.14 Å². The second-order valence-electron chi connectivity index (χ2n) is 9.03. The van der Waals surface area contributed by atoms with Crippen LogP contribution in [0.25, 0.3) is 11.8 Å². The Labute approximate surface area is 204 Å². The van der Waals surface area contributed by atoms with Gasteiger partial charge in [0.2, 0.25) is 0 Å². The molecule has 0 bridgehead atoms. The Morgan fingerprint density at radius 1 is 0.941 bits per heavy atom. The number of nitrogens with two attached hydrogens (primary N) is 2. The maximum absolute atomic E-state index is 5.85. The van der Waals surface area contributed by atoms with Crippen LogP contribution >= 0.6 is 11.8 Å². The van der Waals surface area contributed by atoms with Crippen molar-refractivity contribution in [1.82, 2.24) is 0 Å². The zero-order valence-corrected chi connectivity index (χ0v) is 20.0. The number of para-hydroxylation sites is 2. The van der Waals surface area contributed by atoms with E-state index in [9.17, 15) is 0 Å². The number of pyridine rings is 1. The van der Waals surface area contributed by atoms with Gasteiger partial charge in [0.15, 0.2) is 0 Å². The first-order valence-corrected chi connectivity index (χ1v) is 12.8. The van der Waals surface area contributed by atoms with E-state index in [0.29, 0.717) is 5.96 Å². The summed E-state index contributed by atoms with van der Waals surface area (Å²) in [7, 11) is 0. The molecule has 7 heteroatoms. The van der Waals surface area contributed by atoms with Gasteiger partial charge in [-0.05, 0) is 54.3 Å². The van der Waals surface area contributed by atoms with Gasteiger partial charge in [0.1, 0.15) is 31.9 Å². The molecule has 34 heavy (non-hydrogen) atoms. The van der Waals surface area contributed by atoms with Gasteiger partial charge >= 0.3 is 5.96 Å². The van der Waals surface area contributed by atoms with Crippen LogP contribution in [0.3, 0.4) is 0 Å². The van der Waals surface area contributed by atoms with Crippen molar-refractivity contribution in [3.8, 4) is 5.69 Å². The van der Waals surface area contributed by atoms with Gasteiger partial charge in [-0.3, -0.25) is 20.9 Å². The van der Waals surface area contributed by atoms with Gasteiger partial charge in [0.25, 0.3) is 5.82 Å². The van der Waals surface area contributed by atoms with Crippen molar-refractivity contribution in [1.29, 1.82) is 0 Å². The van der Waals surface area contributed by atoms with Crippen molar-refractivity contribution in [3.05, 3.63) is 83.0 Å². The van der Waals surface area contributed by atoms with Crippen molar-refractivity contribution in [3.63, 3.8) is 0 Å². The van der Waals surface area contributed by atoms with Crippen molar-refractivity contribution >= 4 is 35.3 Å². The number of hydrogen-bond donors (Lipinski definition) is 2. The quantitative estimate of drug-likeness (QED) is 0.455. The van der Waals surface area contributed by atoms with Crippen LogP contribution in [-0.2, 0) is 6.42 Å².